The van der Waals surface area contributed by atoms with Gasteiger partial charge in [0.25, 0.3) is 0 Å². The monoisotopic (exact) mass is 422 g/mol. The smallest absolute Gasteiger partial charge is 0.407 e. The van der Waals surface area contributed by atoms with Gasteiger partial charge in [0.2, 0.25) is 5.91 Å². The number of carboxylic acids is 1. The molecule has 1 fully saturated rings. The molecular formula is C24H26N2O5. The Kier molecular flexibility index (Phi) is 5.93. The van der Waals surface area contributed by atoms with Crippen LogP contribution in [-0.4, -0.2) is 41.8 Å². The summed E-state index contributed by atoms with van der Waals surface area (Å²) < 4.78 is 5.53. The molecule has 1 saturated carbocycles. The van der Waals surface area contributed by atoms with Crippen LogP contribution in [0.2, 0.25) is 0 Å². The Hall–Kier alpha value is -3.35. The lowest BCUT2D eigenvalue weighted by Crippen LogP contribution is -2.52. The molecule has 7 heteroatoms. The van der Waals surface area contributed by atoms with Gasteiger partial charge in [0.05, 0.1) is 0 Å². The van der Waals surface area contributed by atoms with Crippen LogP contribution in [0.4, 0.5) is 4.79 Å². The lowest BCUT2D eigenvalue weighted by atomic mass is 9.79. The molecule has 162 valence electrons. The van der Waals surface area contributed by atoms with E-state index in [1.54, 1.807) is 6.92 Å². The molecule has 0 radical (unpaired) electrons. The van der Waals surface area contributed by atoms with Crippen LogP contribution in [0, 0.1) is 5.92 Å². The van der Waals surface area contributed by atoms with Gasteiger partial charge in [-0.15, -0.1) is 0 Å². The normalized spacial score (nSPS) is 20.0. The minimum atomic E-state index is -1.04. The van der Waals surface area contributed by atoms with Gasteiger partial charge in [-0.2, -0.15) is 0 Å². The average Bonchev–Trinajstić information content (AvgIpc) is 3.06. The molecule has 7 nitrogen and oxygen atoms in total. The Morgan fingerprint density at radius 1 is 1.03 bits per heavy atom. The number of carbonyl (C=O) groups is 3. The van der Waals surface area contributed by atoms with Crippen LogP contribution in [0.25, 0.3) is 11.1 Å². The van der Waals surface area contributed by atoms with E-state index < -0.39 is 18.1 Å². The summed E-state index contributed by atoms with van der Waals surface area (Å²) in [6, 6.07) is 15.3. The summed E-state index contributed by atoms with van der Waals surface area (Å²) in [4.78, 5) is 35.5. The fourth-order valence-electron chi connectivity index (χ4n) is 4.38. The van der Waals surface area contributed by atoms with E-state index in [9.17, 15) is 14.4 Å². The molecule has 2 aromatic rings. The van der Waals surface area contributed by atoms with Gasteiger partial charge in [-0.05, 0) is 41.5 Å². The molecule has 1 unspecified atom stereocenters. The number of hydrogen-bond acceptors (Lipinski definition) is 4. The first-order valence-corrected chi connectivity index (χ1v) is 10.6. The third kappa shape index (κ3) is 4.26. The van der Waals surface area contributed by atoms with Crippen molar-refractivity contribution < 1.29 is 24.2 Å². The van der Waals surface area contributed by atoms with E-state index in [0.29, 0.717) is 19.3 Å². The van der Waals surface area contributed by atoms with Crippen molar-refractivity contribution in [1.82, 2.24) is 10.6 Å². The van der Waals surface area contributed by atoms with E-state index in [2.05, 4.69) is 34.9 Å². The number of hydrogen-bond donors (Lipinski definition) is 3. The molecule has 4 rings (SSSR count). The third-order valence-corrected chi connectivity index (χ3v) is 6.20. The number of aliphatic carboxylic acids is 1. The maximum atomic E-state index is 12.3. The highest BCUT2D eigenvalue weighted by atomic mass is 16.5. The zero-order valence-corrected chi connectivity index (χ0v) is 17.3. The predicted molar refractivity (Wildman–Crippen MR) is 115 cm³/mol. The molecule has 0 heterocycles. The quantitative estimate of drug-likeness (QED) is 0.635. The molecule has 0 spiro atoms. The van der Waals surface area contributed by atoms with Gasteiger partial charge < -0.3 is 20.5 Å². The van der Waals surface area contributed by atoms with Gasteiger partial charge in [-0.1, -0.05) is 55.5 Å². The van der Waals surface area contributed by atoms with Crippen LogP contribution in [0.3, 0.4) is 0 Å². The van der Waals surface area contributed by atoms with E-state index >= 15 is 0 Å². The third-order valence-electron chi connectivity index (χ3n) is 6.20. The molecule has 2 aliphatic carbocycles. The highest BCUT2D eigenvalue weighted by molar-refractivity contribution is 5.85. The second-order valence-electron chi connectivity index (χ2n) is 8.14. The molecule has 0 aromatic heterocycles. The first-order chi connectivity index (χ1) is 15.0. The Morgan fingerprint density at radius 2 is 1.61 bits per heavy atom. The maximum Gasteiger partial charge on any atom is 0.407 e. The number of benzene rings is 2. The van der Waals surface area contributed by atoms with Gasteiger partial charge in [0.1, 0.15) is 12.6 Å². The maximum absolute atomic E-state index is 12.3. The Bertz CT molecular complexity index is 953. The van der Waals surface area contributed by atoms with Crippen LogP contribution in [0.1, 0.15) is 43.2 Å². The van der Waals surface area contributed by atoms with Crippen molar-refractivity contribution in [2.75, 3.05) is 6.61 Å². The summed E-state index contributed by atoms with van der Waals surface area (Å²) in [7, 11) is 0. The number of amides is 2. The molecule has 3 N–H and O–H groups in total. The van der Waals surface area contributed by atoms with Gasteiger partial charge in [-0.25, -0.2) is 9.59 Å². The van der Waals surface area contributed by atoms with Crippen LogP contribution in [0.5, 0.6) is 0 Å². The second-order valence-corrected chi connectivity index (χ2v) is 8.14. The molecule has 2 aliphatic rings. The van der Waals surface area contributed by atoms with Crippen molar-refractivity contribution in [2.45, 2.75) is 44.2 Å². The minimum absolute atomic E-state index is 0.0000581. The molecule has 2 amide bonds. The van der Waals surface area contributed by atoms with Gasteiger partial charge in [-0.3, -0.25) is 4.79 Å². The largest absolute Gasteiger partial charge is 0.480 e. The van der Waals surface area contributed by atoms with E-state index in [1.165, 1.54) is 11.1 Å². The first kappa shape index (κ1) is 20.9. The fourth-order valence-corrected chi connectivity index (χ4v) is 4.38. The lowest BCUT2D eigenvalue weighted by molar-refractivity contribution is -0.143. The van der Waals surface area contributed by atoms with Crippen LogP contribution in [-0.2, 0) is 14.3 Å². The first-order valence-electron chi connectivity index (χ1n) is 10.6. The van der Waals surface area contributed by atoms with E-state index in [-0.39, 0.29) is 30.4 Å². The number of carbonyl (C=O) groups excluding carboxylic acids is 2. The molecule has 0 aliphatic heterocycles. The zero-order valence-electron chi connectivity index (χ0n) is 17.3. The number of ether oxygens (including phenoxy) is 1. The van der Waals surface area contributed by atoms with Crippen molar-refractivity contribution >= 4 is 18.0 Å². The van der Waals surface area contributed by atoms with Gasteiger partial charge >= 0.3 is 12.1 Å². The number of rotatable bonds is 7. The molecule has 0 bridgehead atoms. The van der Waals surface area contributed by atoms with E-state index in [0.717, 1.165) is 11.1 Å². The van der Waals surface area contributed by atoms with Gasteiger partial charge in [0.15, 0.2) is 0 Å². The van der Waals surface area contributed by atoms with E-state index in [4.69, 9.17) is 9.84 Å². The van der Waals surface area contributed by atoms with Crippen molar-refractivity contribution in [3.8, 4) is 11.1 Å². The van der Waals surface area contributed by atoms with Crippen molar-refractivity contribution in [2.24, 2.45) is 5.92 Å². The van der Waals surface area contributed by atoms with Crippen LogP contribution >= 0.6 is 0 Å². The number of nitrogens with one attached hydrogen (secondary N) is 2. The standard InChI is InChI=1S/C24H26N2O5/c1-2-21(23(28)29)26-22(27)14-11-15(12-14)25-24(30)31-13-20-18-9-5-3-7-16(18)17-8-4-6-10-19(17)20/h3-10,14-15,20-21H,2,11-13H2,1H3,(H,25,30)(H,26,27)(H,28,29). The Morgan fingerprint density at radius 3 is 2.16 bits per heavy atom. The number of alkyl carbamates (subject to hydrolysis) is 1. The summed E-state index contributed by atoms with van der Waals surface area (Å²) >= 11 is 0. The van der Waals surface area contributed by atoms with Crippen molar-refractivity contribution in [3.05, 3.63) is 59.7 Å². The molecule has 31 heavy (non-hydrogen) atoms. The van der Waals surface area contributed by atoms with Crippen molar-refractivity contribution in [1.29, 1.82) is 0 Å². The average molecular weight is 422 g/mol. The Labute approximate surface area is 180 Å². The highest BCUT2D eigenvalue weighted by Gasteiger charge is 2.37. The Balaban J connectivity index is 1.27. The number of fused-ring (bicyclic) bond motifs is 3. The topological polar surface area (TPSA) is 105 Å². The second kappa shape index (κ2) is 8.79. The van der Waals surface area contributed by atoms with E-state index in [1.807, 2.05) is 24.3 Å². The lowest BCUT2D eigenvalue weighted by Gasteiger charge is -2.35. The fraction of sp³-hybridized carbons (Fsp3) is 0.375. The highest BCUT2D eigenvalue weighted by Crippen LogP contribution is 2.44. The van der Waals surface area contributed by atoms with Crippen LogP contribution < -0.4 is 10.6 Å². The summed E-state index contributed by atoms with van der Waals surface area (Å²) in [5.74, 6) is -1.60. The SMILES string of the molecule is CCC(NC(=O)C1CC(NC(=O)OCC2c3ccccc3-c3ccccc32)C1)C(=O)O. The van der Waals surface area contributed by atoms with Crippen molar-refractivity contribution in [3.63, 3.8) is 0 Å². The zero-order chi connectivity index (χ0) is 22.0. The molecular weight excluding hydrogens is 396 g/mol. The minimum Gasteiger partial charge on any atom is -0.480 e. The molecule has 0 saturated heterocycles. The summed E-state index contributed by atoms with van der Waals surface area (Å²) in [5.41, 5.74) is 4.65. The predicted octanol–water partition coefficient (Wildman–Crippen LogP) is 3.28. The summed E-state index contributed by atoms with van der Waals surface area (Å²) in [6.45, 7) is 1.95. The molecule has 2 aromatic carbocycles. The molecule has 1 atom stereocenters. The van der Waals surface area contributed by atoms with Crippen LogP contribution in [0.15, 0.2) is 48.5 Å². The number of carboxylic acid groups (broad SMARTS) is 1. The van der Waals surface area contributed by atoms with Gasteiger partial charge in [0, 0.05) is 17.9 Å². The summed E-state index contributed by atoms with van der Waals surface area (Å²) in [6.07, 6.45) is 0.788. The summed E-state index contributed by atoms with van der Waals surface area (Å²) in [5, 5.41) is 14.4.